The highest BCUT2D eigenvalue weighted by Gasteiger charge is 2.15. The Balaban J connectivity index is 2.02. The smallest absolute Gasteiger partial charge is 0.314 e. The molecule has 5 nitrogen and oxygen atoms in total. The molecule has 0 aliphatic rings. The van der Waals surface area contributed by atoms with Gasteiger partial charge >= 0.3 is 11.8 Å². The van der Waals surface area contributed by atoms with Gasteiger partial charge in [-0.3, -0.25) is 9.59 Å². The van der Waals surface area contributed by atoms with E-state index in [0.717, 1.165) is 11.1 Å². The summed E-state index contributed by atoms with van der Waals surface area (Å²) in [6.45, 7) is 3.79. The Morgan fingerprint density at radius 2 is 1.55 bits per heavy atom. The molecule has 0 saturated heterocycles. The first kappa shape index (κ1) is 15.6. The molecule has 0 aromatic heterocycles. The van der Waals surface area contributed by atoms with Gasteiger partial charge in [-0.05, 0) is 55.3 Å². The van der Waals surface area contributed by atoms with Crippen LogP contribution in [0.2, 0.25) is 0 Å². The van der Waals surface area contributed by atoms with Crippen LogP contribution in [0.4, 0.5) is 11.4 Å². The number of ether oxygens (including phenoxy) is 1. The number of aryl methyl sites for hydroxylation is 2. The van der Waals surface area contributed by atoms with Gasteiger partial charge in [0.25, 0.3) is 0 Å². The summed E-state index contributed by atoms with van der Waals surface area (Å²) in [4.78, 5) is 23.9. The fourth-order valence-corrected chi connectivity index (χ4v) is 1.91. The first-order valence-corrected chi connectivity index (χ1v) is 6.83. The van der Waals surface area contributed by atoms with Crippen LogP contribution in [0.1, 0.15) is 11.1 Å². The van der Waals surface area contributed by atoms with Gasteiger partial charge in [0.2, 0.25) is 0 Å². The van der Waals surface area contributed by atoms with Gasteiger partial charge < -0.3 is 15.4 Å². The number of anilines is 2. The SMILES string of the molecule is COc1ccc(NC(=O)C(=O)Nc2cc(C)ccc2C)cc1. The minimum atomic E-state index is -0.717. The Hall–Kier alpha value is -2.82. The Morgan fingerprint density at radius 1 is 0.909 bits per heavy atom. The molecule has 2 amide bonds. The van der Waals surface area contributed by atoms with Gasteiger partial charge in [-0.2, -0.15) is 0 Å². The van der Waals surface area contributed by atoms with Crippen molar-refractivity contribution in [1.29, 1.82) is 0 Å². The summed E-state index contributed by atoms with van der Waals surface area (Å²) in [6, 6.07) is 12.4. The van der Waals surface area contributed by atoms with Gasteiger partial charge in [0, 0.05) is 11.4 Å². The summed E-state index contributed by atoms with van der Waals surface area (Å²) in [5.74, 6) is -0.742. The van der Waals surface area contributed by atoms with E-state index in [1.54, 1.807) is 31.4 Å². The van der Waals surface area contributed by atoms with Gasteiger partial charge in [-0.1, -0.05) is 12.1 Å². The van der Waals surface area contributed by atoms with Crippen LogP contribution >= 0.6 is 0 Å². The molecule has 0 radical (unpaired) electrons. The highest BCUT2D eigenvalue weighted by Crippen LogP contribution is 2.17. The lowest BCUT2D eigenvalue weighted by molar-refractivity contribution is -0.133. The fourth-order valence-electron chi connectivity index (χ4n) is 1.91. The van der Waals surface area contributed by atoms with Crippen LogP contribution < -0.4 is 15.4 Å². The Kier molecular flexibility index (Phi) is 4.78. The second-order valence-corrected chi connectivity index (χ2v) is 4.96. The van der Waals surface area contributed by atoms with E-state index < -0.39 is 11.8 Å². The van der Waals surface area contributed by atoms with E-state index in [4.69, 9.17) is 4.74 Å². The molecule has 2 N–H and O–H groups in total. The first-order valence-electron chi connectivity index (χ1n) is 6.83. The van der Waals surface area contributed by atoms with E-state index in [2.05, 4.69) is 10.6 Å². The molecule has 2 aromatic carbocycles. The lowest BCUT2D eigenvalue weighted by Crippen LogP contribution is -2.29. The van der Waals surface area contributed by atoms with Crippen molar-refractivity contribution in [3.05, 3.63) is 53.6 Å². The minimum absolute atomic E-state index is 0.530. The second-order valence-electron chi connectivity index (χ2n) is 4.96. The van der Waals surface area contributed by atoms with Crippen LogP contribution in [0.5, 0.6) is 5.75 Å². The molecule has 0 spiro atoms. The lowest BCUT2D eigenvalue weighted by Gasteiger charge is -2.10. The maximum atomic E-state index is 12.0. The molecule has 0 unspecified atom stereocenters. The van der Waals surface area contributed by atoms with Crippen LogP contribution in [-0.4, -0.2) is 18.9 Å². The summed E-state index contributed by atoms with van der Waals surface area (Å²) in [7, 11) is 1.56. The molecule has 0 aliphatic carbocycles. The molecule has 2 aromatic rings. The predicted octanol–water partition coefficient (Wildman–Crippen LogP) is 2.89. The zero-order valence-corrected chi connectivity index (χ0v) is 12.8. The molecular weight excluding hydrogens is 280 g/mol. The molecule has 2 rings (SSSR count). The average Bonchev–Trinajstić information content (AvgIpc) is 2.51. The van der Waals surface area contributed by atoms with Gasteiger partial charge in [-0.15, -0.1) is 0 Å². The molecule has 22 heavy (non-hydrogen) atoms. The van der Waals surface area contributed by atoms with Crippen LogP contribution in [0, 0.1) is 13.8 Å². The van der Waals surface area contributed by atoms with Crippen molar-refractivity contribution in [1.82, 2.24) is 0 Å². The first-order chi connectivity index (χ1) is 10.5. The van der Waals surface area contributed by atoms with Crippen molar-refractivity contribution >= 4 is 23.2 Å². The van der Waals surface area contributed by atoms with Crippen molar-refractivity contribution < 1.29 is 14.3 Å². The number of methoxy groups -OCH3 is 1. The third-order valence-corrected chi connectivity index (χ3v) is 3.20. The second kappa shape index (κ2) is 6.76. The van der Waals surface area contributed by atoms with E-state index in [1.807, 2.05) is 32.0 Å². The largest absolute Gasteiger partial charge is 0.497 e. The van der Waals surface area contributed by atoms with Crippen molar-refractivity contribution in [3.63, 3.8) is 0 Å². The summed E-state index contributed by atoms with van der Waals surface area (Å²) in [5.41, 5.74) is 3.07. The van der Waals surface area contributed by atoms with Gasteiger partial charge in [0.15, 0.2) is 0 Å². The summed E-state index contributed by atoms with van der Waals surface area (Å²) >= 11 is 0. The van der Waals surface area contributed by atoms with Crippen molar-refractivity contribution in [2.75, 3.05) is 17.7 Å². The average molecular weight is 298 g/mol. The quantitative estimate of drug-likeness (QED) is 0.856. The highest BCUT2D eigenvalue weighted by molar-refractivity contribution is 6.43. The fraction of sp³-hybridized carbons (Fsp3) is 0.176. The normalized spacial score (nSPS) is 9.95. The number of benzene rings is 2. The molecular formula is C17H18N2O3. The molecule has 0 aliphatic heterocycles. The van der Waals surface area contributed by atoms with Gasteiger partial charge in [0.05, 0.1) is 7.11 Å². The lowest BCUT2D eigenvalue weighted by atomic mass is 10.1. The third-order valence-electron chi connectivity index (χ3n) is 3.20. The van der Waals surface area contributed by atoms with Crippen molar-refractivity contribution in [2.45, 2.75) is 13.8 Å². The number of hydrogen-bond donors (Lipinski definition) is 2. The molecule has 0 atom stereocenters. The zero-order valence-electron chi connectivity index (χ0n) is 12.8. The Morgan fingerprint density at radius 3 is 2.18 bits per heavy atom. The van der Waals surface area contributed by atoms with E-state index in [0.29, 0.717) is 17.1 Å². The third kappa shape index (κ3) is 3.85. The van der Waals surface area contributed by atoms with Crippen molar-refractivity contribution in [2.24, 2.45) is 0 Å². The van der Waals surface area contributed by atoms with Crippen LogP contribution in [0.15, 0.2) is 42.5 Å². The Bertz CT molecular complexity index is 694. The summed E-state index contributed by atoms with van der Waals surface area (Å²) in [5, 5.41) is 5.16. The molecule has 0 fully saturated rings. The van der Waals surface area contributed by atoms with E-state index >= 15 is 0 Å². The van der Waals surface area contributed by atoms with Gasteiger partial charge in [0.1, 0.15) is 5.75 Å². The van der Waals surface area contributed by atoms with E-state index in [1.165, 1.54) is 0 Å². The molecule has 114 valence electrons. The number of nitrogens with one attached hydrogen (secondary N) is 2. The monoisotopic (exact) mass is 298 g/mol. The van der Waals surface area contributed by atoms with Crippen molar-refractivity contribution in [3.8, 4) is 5.75 Å². The predicted molar refractivity (Wildman–Crippen MR) is 86.2 cm³/mol. The van der Waals surface area contributed by atoms with Crippen LogP contribution in [0.3, 0.4) is 0 Å². The summed E-state index contributed by atoms with van der Waals surface area (Å²) < 4.78 is 5.03. The topological polar surface area (TPSA) is 67.4 Å². The number of amides is 2. The summed E-state index contributed by atoms with van der Waals surface area (Å²) in [6.07, 6.45) is 0. The molecule has 0 saturated carbocycles. The van der Waals surface area contributed by atoms with Gasteiger partial charge in [-0.25, -0.2) is 0 Å². The number of rotatable bonds is 3. The van der Waals surface area contributed by atoms with E-state index in [-0.39, 0.29) is 0 Å². The van der Waals surface area contributed by atoms with Crippen LogP contribution in [0.25, 0.3) is 0 Å². The minimum Gasteiger partial charge on any atom is -0.497 e. The van der Waals surface area contributed by atoms with Crippen LogP contribution in [-0.2, 0) is 9.59 Å². The maximum Gasteiger partial charge on any atom is 0.314 e. The highest BCUT2D eigenvalue weighted by atomic mass is 16.5. The number of carbonyl (C=O) groups excluding carboxylic acids is 2. The van der Waals surface area contributed by atoms with E-state index in [9.17, 15) is 9.59 Å². The number of hydrogen-bond acceptors (Lipinski definition) is 3. The Labute approximate surface area is 129 Å². The zero-order chi connectivity index (χ0) is 16.1. The molecule has 0 heterocycles. The standard InChI is InChI=1S/C17H18N2O3/c1-11-4-5-12(2)15(10-11)19-17(21)16(20)18-13-6-8-14(22-3)9-7-13/h4-10H,1-3H3,(H,18,20)(H,19,21). The number of carbonyl (C=O) groups is 2. The molecule has 5 heteroatoms. The maximum absolute atomic E-state index is 12.0. The molecule has 0 bridgehead atoms.